The molecule has 35 heavy (non-hydrogen) atoms. The number of amides is 1. The predicted molar refractivity (Wildman–Crippen MR) is 137 cm³/mol. The van der Waals surface area contributed by atoms with Crippen LogP contribution in [0.15, 0.2) is 61.3 Å². The highest BCUT2D eigenvalue weighted by Gasteiger charge is 2.18. The van der Waals surface area contributed by atoms with E-state index >= 15 is 0 Å². The van der Waals surface area contributed by atoms with Crippen molar-refractivity contribution in [2.24, 2.45) is 0 Å². The first-order chi connectivity index (χ1) is 17.0. The molecule has 10 nitrogen and oxygen atoms in total. The van der Waals surface area contributed by atoms with Gasteiger partial charge in [0.1, 0.15) is 5.75 Å². The van der Waals surface area contributed by atoms with E-state index in [0.717, 1.165) is 42.8 Å². The molecule has 2 aromatic carbocycles. The van der Waals surface area contributed by atoms with E-state index < -0.39 is 0 Å². The number of nitrogens with one attached hydrogen (secondary N) is 3. The summed E-state index contributed by atoms with van der Waals surface area (Å²) in [4.78, 5) is 25.4. The molecule has 5 rings (SSSR count). The van der Waals surface area contributed by atoms with Crippen LogP contribution in [-0.4, -0.2) is 69.3 Å². The number of hydrogen-bond acceptors (Lipinski definition) is 8. The van der Waals surface area contributed by atoms with Gasteiger partial charge in [0.15, 0.2) is 5.65 Å². The molecule has 0 bridgehead atoms. The van der Waals surface area contributed by atoms with Crippen molar-refractivity contribution < 1.29 is 9.90 Å². The lowest BCUT2D eigenvalue weighted by atomic mass is 10.1. The number of likely N-dealkylation sites (N-methyl/N-ethyl adjacent to an activating group) is 1. The first-order valence-corrected chi connectivity index (χ1v) is 11.3. The summed E-state index contributed by atoms with van der Waals surface area (Å²) >= 11 is 0. The largest absolute Gasteiger partial charge is 0.506 e. The van der Waals surface area contributed by atoms with Gasteiger partial charge in [0.05, 0.1) is 23.0 Å². The van der Waals surface area contributed by atoms with Gasteiger partial charge >= 0.3 is 0 Å². The number of aromatic nitrogens is 4. The molecular weight excluding hydrogens is 444 g/mol. The SMILES string of the molecule is C=CC(=O)Nc1cccc(-c2nc(Nc3ccc(N4CCN(C)CC4)c(O)c3)nc3[nH]ncc23)c1. The van der Waals surface area contributed by atoms with Gasteiger partial charge in [-0.1, -0.05) is 18.7 Å². The average molecular weight is 471 g/mol. The van der Waals surface area contributed by atoms with Crippen molar-refractivity contribution in [3.8, 4) is 17.0 Å². The number of phenols is 1. The maximum Gasteiger partial charge on any atom is 0.247 e. The fourth-order valence-corrected chi connectivity index (χ4v) is 4.09. The lowest BCUT2D eigenvalue weighted by molar-refractivity contribution is -0.111. The summed E-state index contributed by atoms with van der Waals surface area (Å²) in [6, 6.07) is 12.9. The summed E-state index contributed by atoms with van der Waals surface area (Å²) in [5.41, 5.74) is 4.11. The minimum atomic E-state index is -0.291. The number of aromatic amines is 1. The van der Waals surface area contributed by atoms with Crippen LogP contribution in [0.1, 0.15) is 0 Å². The molecule has 10 heteroatoms. The summed E-state index contributed by atoms with van der Waals surface area (Å²) in [6.07, 6.45) is 2.89. The van der Waals surface area contributed by atoms with E-state index in [1.54, 1.807) is 18.3 Å². The normalized spacial score (nSPS) is 14.1. The summed E-state index contributed by atoms with van der Waals surface area (Å²) < 4.78 is 0. The Labute approximate surface area is 202 Å². The van der Waals surface area contributed by atoms with E-state index in [9.17, 15) is 9.90 Å². The van der Waals surface area contributed by atoms with Crippen LogP contribution in [0.4, 0.5) is 23.0 Å². The van der Waals surface area contributed by atoms with E-state index in [1.807, 2.05) is 30.3 Å². The summed E-state index contributed by atoms with van der Waals surface area (Å²) in [5.74, 6) is 0.262. The molecule has 0 radical (unpaired) electrons. The molecule has 2 aromatic heterocycles. The van der Waals surface area contributed by atoms with Gasteiger partial charge in [-0.25, -0.2) is 4.98 Å². The Bertz CT molecular complexity index is 1390. The number of aromatic hydroxyl groups is 1. The van der Waals surface area contributed by atoms with Gasteiger partial charge in [-0.2, -0.15) is 10.1 Å². The molecule has 3 heterocycles. The Kier molecular flexibility index (Phi) is 6.02. The number of piperazine rings is 1. The third kappa shape index (κ3) is 4.78. The van der Waals surface area contributed by atoms with Crippen molar-refractivity contribution in [2.45, 2.75) is 0 Å². The van der Waals surface area contributed by atoms with Crippen LogP contribution in [0.5, 0.6) is 5.75 Å². The number of benzene rings is 2. The molecule has 0 aliphatic carbocycles. The van der Waals surface area contributed by atoms with Crippen molar-refractivity contribution >= 4 is 40.0 Å². The van der Waals surface area contributed by atoms with Crippen LogP contribution < -0.4 is 15.5 Å². The molecule has 178 valence electrons. The molecule has 1 amide bonds. The summed E-state index contributed by atoms with van der Waals surface area (Å²) in [6.45, 7) is 7.14. The monoisotopic (exact) mass is 470 g/mol. The molecule has 1 aliphatic rings. The van der Waals surface area contributed by atoms with E-state index in [-0.39, 0.29) is 11.7 Å². The number of rotatable bonds is 6. The van der Waals surface area contributed by atoms with Crippen LogP contribution in [-0.2, 0) is 4.79 Å². The second-order valence-electron chi connectivity index (χ2n) is 8.42. The van der Waals surface area contributed by atoms with Crippen molar-refractivity contribution in [2.75, 3.05) is 48.8 Å². The third-order valence-electron chi connectivity index (χ3n) is 5.97. The van der Waals surface area contributed by atoms with Crippen molar-refractivity contribution in [3.63, 3.8) is 0 Å². The Balaban J connectivity index is 1.43. The molecular formula is C25H26N8O2. The second-order valence-corrected chi connectivity index (χ2v) is 8.42. The van der Waals surface area contributed by atoms with E-state index in [0.29, 0.717) is 28.7 Å². The molecule has 0 atom stereocenters. The molecule has 1 saturated heterocycles. The average Bonchev–Trinajstić information content (AvgIpc) is 3.33. The molecule has 4 aromatic rings. The van der Waals surface area contributed by atoms with Crippen LogP contribution in [0, 0.1) is 0 Å². The number of nitrogens with zero attached hydrogens (tertiary/aromatic N) is 5. The highest BCUT2D eigenvalue weighted by molar-refractivity contribution is 5.99. The van der Waals surface area contributed by atoms with Crippen LogP contribution in [0.25, 0.3) is 22.3 Å². The minimum absolute atomic E-state index is 0.202. The zero-order valence-electron chi connectivity index (χ0n) is 19.3. The van der Waals surface area contributed by atoms with Crippen molar-refractivity contribution in [1.29, 1.82) is 0 Å². The predicted octanol–water partition coefficient (Wildman–Crippen LogP) is 3.35. The Morgan fingerprint density at radius 2 is 1.94 bits per heavy atom. The molecule has 0 saturated carbocycles. The van der Waals surface area contributed by atoms with Crippen LogP contribution in [0.3, 0.4) is 0 Å². The fraction of sp³-hybridized carbons (Fsp3) is 0.200. The van der Waals surface area contributed by atoms with Gasteiger partial charge in [0, 0.05) is 49.2 Å². The first-order valence-electron chi connectivity index (χ1n) is 11.3. The van der Waals surface area contributed by atoms with Crippen LogP contribution >= 0.6 is 0 Å². The van der Waals surface area contributed by atoms with Crippen LogP contribution in [0.2, 0.25) is 0 Å². The van der Waals surface area contributed by atoms with Gasteiger partial charge in [-0.3, -0.25) is 9.89 Å². The Morgan fingerprint density at radius 3 is 2.71 bits per heavy atom. The highest BCUT2D eigenvalue weighted by atomic mass is 16.3. The summed E-state index contributed by atoms with van der Waals surface area (Å²) in [5, 5.41) is 24.4. The van der Waals surface area contributed by atoms with Gasteiger partial charge in [-0.15, -0.1) is 0 Å². The first kappa shape index (κ1) is 22.4. The van der Waals surface area contributed by atoms with E-state index in [2.05, 4.69) is 49.2 Å². The third-order valence-corrected chi connectivity index (χ3v) is 5.97. The molecule has 0 spiro atoms. The van der Waals surface area contributed by atoms with Crippen molar-refractivity contribution in [1.82, 2.24) is 25.1 Å². The summed E-state index contributed by atoms with van der Waals surface area (Å²) in [7, 11) is 2.10. The number of H-pyrrole nitrogens is 1. The quantitative estimate of drug-likeness (QED) is 0.317. The van der Waals surface area contributed by atoms with Gasteiger partial charge < -0.3 is 25.5 Å². The van der Waals surface area contributed by atoms with E-state index in [1.165, 1.54) is 6.08 Å². The minimum Gasteiger partial charge on any atom is -0.506 e. The van der Waals surface area contributed by atoms with Crippen molar-refractivity contribution in [3.05, 3.63) is 61.3 Å². The van der Waals surface area contributed by atoms with Gasteiger partial charge in [0.2, 0.25) is 11.9 Å². The number of fused-ring (bicyclic) bond motifs is 1. The zero-order valence-corrected chi connectivity index (χ0v) is 19.3. The molecule has 1 aliphatic heterocycles. The highest BCUT2D eigenvalue weighted by Crippen LogP contribution is 2.33. The molecule has 1 fully saturated rings. The maximum atomic E-state index is 11.7. The lowest BCUT2D eigenvalue weighted by Gasteiger charge is -2.34. The van der Waals surface area contributed by atoms with Gasteiger partial charge in [0.25, 0.3) is 0 Å². The lowest BCUT2D eigenvalue weighted by Crippen LogP contribution is -2.44. The smallest absolute Gasteiger partial charge is 0.247 e. The number of anilines is 4. The zero-order chi connectivity index (χ0) is 24.4. The number of carbonyl (C=O) groups excluding carboxylic acids is 1. The number of phenolic OH excluding ortho intramolecular Hbond substituents is 1. The Morgan fingerprint density at radius 1 is 1.11 bits per heavy atom. The van der Waals surface area contributed by atoms with Gasteiger partial charge in [-0.05, 0) is 37.4 Å². The fourth-order valence-electron chi connectivity index (χ4n) is 4.09. The number of hydrogen-bond donors (Lipinski definition) is 4. The maximum absolute atomic E-state index is 11.7. The molecule has 4 N–H and O–H groups in total. The van der Waals surface area contributed by atoms with E-state index in [4.69, 9.17) is 4.98 Å². The standard InChI is InChI=1S/C25H26N8O2/c1-3-22(35)27-17-6-4-5-16(13-17)23-19-15-26-31-24(19)30-25(29-23)28-18-7-8-20(21(34)14-18)33-11-9-32(2)10-12-33/h3-8,13-15,34H,1,9-12H2,2H3,(H,27,35)(H2,26,28,29,30,31). The second kappa shape index (κ2) is 9.43. The molecule has 0 unspecified atom stereocenters. The number of carbonyl (C=O) groups is 1. The topological polar surface area (TPSA) is 122 Å². The Hall–Kier alpha value is -4.44.